The first-order valence-electron chi connectivity index (χ1n) is 8.36. The highest BCUT2D eigenvalue weighted by Gasteiger charge is 2.15. The summed E-state index contributed by atoms with van der Waals surface area (Å²) >= 11 is 0. The smallest absolute Gasteiger partial charge is 0.417 e. The van der Waals surface area contributed by atoms with Crippen molar-refractivity contribution in [3.05, 3.63) is 24.3 Å². The Morgan fingerprint density at radius 2 is 1.09 bits per heavy atom. The first-order valence-corrected chi connectivity index (χ1v) is 8.36. The van der Waals surface area contributed by atoms with Gasteiger partial charge in [-0.15, -0.1) is 0 Å². The van der Waals surface area contributed by atoms with E-state index in [1.54, 1.807) is 12.2 Å². The quantitative estimate of drug-likeness (QED) is 0.233. The van der Waals surface area contributed by atoms with Crippen LogP contribution >= 0.6 is 0 Å². The molecule has 0 aromatic rings. The van der Waals surface area contributed by atoms with Crippen molar-refractivity contribution >= 4 is 11.9 Å². The van der Waals surface area contributed by atoms with Gasteiger partial charge in [0.1, 0.15) is 13.2 Å². The van der Waals surface area contributed by atoms with Crippen LogP contribution in [0.3, 0.4) is 0 Å². The summed E-state index contributed by atoms with van der Waals surface area (Å²) in [6.07, 6.45) is 16.4. The summed E-state index contributed by atoms with van der Waals surface area (Å²) in [7, 11) is 0. The van der Waals surface area contributed by atoms with Crippen LogP contribution in [-0.2, 0) is 19.1 Å². The second-order valence-corrected chi connectivity index (χ2v) is 5.13. The molecule has 0 radical (unpaired) electrons. The van der Waals surface area contributed by atoms with Gasteiger partial charge in [0.2, 0.25) is 0 Å². The van der Waals surface area contributed by atoms with E-state index < -0.39 is 11.9 Å². The Bertz CT molecular complexity index is 311. The first kappa shape index (κ1) is 20.4. The van der Waals surface area contributed by atoms with Crippen LogP contribution in [0.4, 0.5) is 0 Å². The second-order valence-electron chi connectivity index (χ2n) is 5.13. The van der Waals surface area contributed by atoms with Gasteiger partial charge in [0, 0.05) is 0 Å². The number of carbonyl (C=O) groups excluding carboxylic acids is 2. The summed E-state index contributed by atoms with van der Waals surface area (Å²) in [5.41, 5.74) is 0. The minimum atomic E-state index is -0.933. The number of ether oxygens (including phenoxy) is 2. The van der Waals surface area contributed by atoms with Gasteiger partial charge < -0.3 is 9.47 Å². The van der Waals surface area contributed by atoms with Crippen LogP contribution in [0.5, 0.6) is 0 Å². The SMILES string of the molecule is CCCCCC=CCOC(=O)C(=O)OCC=CCCCCC. The molecule has 0 atom stereocenters. The monoisotopic (exact) mass is 310 g/mol. The minimum absolute atomic E-state index is 0.118. The third kappa shape index (κ3) is 13.4. The van der Waals surface area contributed by atoms with E-state index in [1.165, 1.54) is 25.7 Å². The van der Waals surface area contributed by atoms with Crippen LogP contribution in [0.2, 0.25) is 0 Å². The molecule has 0 aromatic carbocycles. The molecule has 0 fully saturated rings. The van der Waals surface area contributed by atoms with Crippen LogP contribution < -0.4 is 0 Å². The van der Waals surface area contributed by atoms with Crippen molar-refractivity contribution in [3.63, 3.8) is 0 Å². The molecule has 0 bridgehead atoms. The summed E-state index contributed by atoms with van der Waals surface area (Å²) in [4.78, 5) is 22.7. The Balaban J connectivity index is 3.60. The van der Waals surface area contributed by atoms with Crippen molar-refractivity contribution in [3.8, 4) is 0 Å². The Morgan fingerprint density at radius 1 is 0.682 bits per heavy atom. The van der Waals surface area contributed by atoms with E-state index in [9.17, 15) is 9.59 Å². The molecule has 0 rings (SSSR count). The molecule has 0 saturated carbocycles. The van der Waals surface area contributed by atoms with Gasteiger partial charge in [-0.25, -0.2) is 9.59 Å². The fourth-order valence-electron chi connectivity index (χ4n) is 1.76. The maximum atomic E-state index is 11.3. The molecule has 4 nitrogen and oxygen atoms in total. The van der Waals surface area contributed by atoms with Crippen molar-refractivity contribution < 1.29 is 19.1 Å². The van der Waals surface area contributed by atoms with Crippen LogP contribution in [0, 0.1) is 0 Å². The van der Waals surface area contributed by atoms with Crippen LogP contribution in [0.25, 0.3) is 0 Å². The lowest BCUT2D eigenvalue weighted by atomic mass is 10.2. The topological polar surface area (TPSA) is 52.6 Å². The molecule has 22 heavy (non-hydrogen) atoms. The molecule has 0 aliphatic heterocycles. The van der Waals surface area contributed by atoms with E-state index in [0.29, 0.717) is 0 Å². The highest BCUT2D eigenvalue weighted by Crippen LogP contribution is 2.00. The summed E-state index contributed by atoms with van der Waals surface area (Å²) < 4.78 is 9.59. The highest BCUT2D eigenvalue weighted by molar-refractivity contribution is 6.29. The molecule has 0 unspecified atom stereocenters. The summed E-state index contributed by atoms with van der Waals surface area (Å²) in [6.45, 7) is 4.54. The second kappa shape index (κ2) is 15.8. The molecular formula is C18H30O4. The molecular weight excluding hydrogens is 280 g/mol. The molecule has 126 valence electrons. The molecule has 4 heteroatoms. The maximum Gasteiger partial charge on any atom is 0.417 e. The zero-order chi connectivity index (χ0) is 16.5. The normalized spacial score (nSPS) is 11.2. The van der Waals surface area contributed by atoms with E-state index in [2.05, 4.69) is 13.8 Å². The first-order chi connectivity index (χ1) is 10.7. The molecule has 0 heterocycles. The zero-order valence-corrected chi connectivity index (χ0v) is 14.0. The van der Waals surface area contributed by atoms with Crippen LogP contribution in [0.15, 0.2) is 24.3 Å². The van der Waals surface area contributed by atoms with Gasteiger partial charge in [0.05, 0.1) is 0 Å². The van der Waals surface area contributed by atoms with Crippen molar-refractivity contribution in [2.24, 2.45) is 0 Å². The van der Waals surface area contributed by atoms with Gasteiger partial charge in [-0.1, -0.05) is 63.8 Å². The summed E-state index contributed by atoms with van der Waals surface area (Å²) in [6, 6.07) is 0. The van der Waals surface area contributed by atoms with Crippen molar-refractivity contribution in [1.29, 1.82) is 0 Å². The zero-order valence-electron chi connectivity index (χ0n) is 14.0. The average Bonchev–Trinajstić information content (AvgIpc) is 2.52. The molecule has 0 aliphatic rings. The van der Waals surface area contributed by atoms with Gasteiger partial charge in [-0.3, -0.25) is 0 Å². The average molecular weight is 310 g/mol. The standard InChI is InChI=1S/C18H30O4/c1-3-5-7-9-11-13-15-21-17(19)18(20)22-16-14-12-10-8-6-4-2/h11-14H,3-10,15-16H2,1-2H3. The van der Waals surface area contributed by atoms with E-state index in [4.69, 9.17) is 9.47 Å². The number of allylic oxidation sites excluding steroid dienone is 2. The lowest BCUT2D eigenvalue weighted by Gasteiger charge is -2.01. The minimum Gasteiger partial charge on any atom is -0.453 e. The number of hydrogen-bond acceptors (Lipinski definition) is 4. The third-order valence-corrected chi connectivity index (χ3v) is 3.07. The number of carbonyl (C=O) groups is 2. The molecule has 0 amide bonds. The Kier molecular flexibility index (Phi) is 14.7. The van der Waals surface area contributed by atoms with Crippen molar-refractivity contribution in [2.45, 2.75) is 65.2 Å². The predicted molar refractivity (Wildman–Crippen MR) is 88.5 cm³/mol. The Hall–Kier alpha value is -1.58. The molecule has 0 aromatic heterocycles. The fraction of sp³-hybridized carbons (Fsp3) is 0.667. The van der Waals surface area contributed by atoms with Gasteiger partial charge in [0.15, 0.2) is 0 Å². The van der Waals surface area contributed by atoms with Gasteiger partial charge in [0.25, 0.3) is 0 Å². The van der Waals surface area contributed by atoms with Gasteiger partial charge >= 0.3 is 11.9 Å². The lowest BCUT2D eigenvalue weighted by Crippen LogP contribution is -2.20. The predicted octanol–water partition coefficient (Wildman–Crippen LogP) is 4.35. The van der Waals surface area contributed by atoms with Gasteiger partial charge in [-0.05, 0) is 25.7 Å². The number of hydrogen-bond donors (Lipinski definition) is 0. The van der Waals surface area contributed by atoms with E-state index >= 15 is 0 Å². The maximum absolute atomic E-state index is 11.3. The number of unbranched alkanes of at least 4 members (excludes halogenated alkanes) is 6. The van der Waals surface area contributed by atoms with E-state index in [0.717, 1.165) is 25.7 Å². The number of rotatable bonds is 12. The Morgan fingerprint density at radius 3 is 1.45 bits per heavy atom. The Labute approximate surface area is 134 Å². The molecule has 0 saturated heterocycles. The molecule has 0 aliphatic carbocycles. The summed E-state index contributed by atoms with van der Waals surface area (Å²) in [5, 5.41) is 0. The fourth-order valence-corrected chi connectivity index (χ4v) is 1.76. The van der Waals surface area contributed by atoms with Crippen LogP contribution in [-0.4, -0.2) is 25.2 Å². The number of esters is 2. The van der Waals surface area contributed by atoms with Crippen molar-refractivity contribution in [1.82, 2.24) is 0 Å². The van der Waals surface area contributed by atoms with Gasteiger partial charge in [-0.2, -0.15) is 0 Å². The van der Waals surface area contributed by atoms with E-state index in [1.807, 2.05) is 12.2 Å². The molecule has 0 spiro atoms. The van der Waals surface area contributed by atoms with Crippen LogP contribution in [0.1, 0.15) is 65.2 Å². The van der Waals surface area contributed by atoms with Crippen molar-refractivity contribution in [2.75, 3.05) is 13.2 Å². The largest absolute Gasteiger partial charge is 0.453 e. The van der Waals surface area contributed by atoms with E-state index in [-0.39, 0.29) is 13.2 Å². The highest BCUT2D eigenvalue weighted by atomic mass is 16.6. The lowest BCUT2D eigenvalue weighted by molar-refractivity contribution is -0.166. The third-order valence-electron chi connectivity index (χ3n) is 3.07. The molecule has 0 N–H and O–H groups in total. The summed E-state index contributed by atoms with van der Waals surface area (Å²) in [5.74, 6) is -1.87.